The minimum atomic E-state index is -0.917. The summed E-state index contributed by atoms with van der Waals surface area (Å²) in [6.45, 7) is 9.44. The molecule has 2 atom stereocenters. The molecule has 4 nitrogen and oxygen atoms in total. The maximum absolute atomic E-state index is 11.9. The average molecular weight is 279 g/mol. The molecule has 0 aliphatic rings. The minimum Gasteiger partial charge on any atom is -0.481 e. The minimum absolute atomic E-state index is 0.0659. The fourth-order valence-corrected chi connectivity index (χ4v) is 1.49. The average Bonchev–Trinajstić information content (AvgIpc) is 2.38. The first-order valence-electron chi connectivity index (χ1n) is 6.96. The van der Waals surface area contributed by atoms with Crippen LogP contribution in [-0.4, -0.2) is 29.3 Å². The van der Waals surface area contributed by atoms with Gasteiger partial charge < -0.3 is 15.2 Å². The summed E-state index contributed by atoms with van der Waals surface area (Å²) < 4.78 is 5.56. The number of rotatable bonds is 6. The van der Waals surface area contributed by atoms with E-state index < -0.39 is 11.7 Å². The molecule has 2 N–H and O–H groups in total. The number of aryl methyl sites for hydroxylation is 1. The molecule has 1 rings (SSSR count). The van der Waals surface area contributed by atoms with Crippen LogP contribution in [0.5, 0.6) is 5.75 Å². The fraction of sp³-hybridized carbons (Fsp3) is 0.562. The standard InChI is InChI=1S/C16H25NO3/c1-11(2)16(5,19)10-17-15(18)13(4)20-14-8-6-12(3)7-9-14/h6-9,11,13,19H,10H2,1-5H3,(H,17,18). The van der Waals surface area contributed by atoms with Gasteiger partial charge in [0.05, 0.1) is 5.60 Å². The molecule has 0 aliphatic heterocycles. The van der Waals surface area contributed by atoms with Gasteiger partial charge in [-0.25, -0.2) is 0 Å². The van der Waals surface area contributed by atoms with Gasteiger partial charge in [0.25, 0.3) is 5.91 Å². The molecule has 112 valence electrons. The van der Waals surface area contributed by atoms with Crippen molar-refractivity contribution in [3.63, 3.8) is 0 Å². The lowest BCUT2D eigenvalue weighted by Gasteiger charge is -2.28. The van der Waals surface area contributed by atoms with Crippen LogP contribution in [0.1, 0.15) is 33.3 Å². The monoisotopic (exact) mass is 279 g/mol. The van der Waals surface area contributed by atoms with Crippen LogP contribution >= 0.6 is 0 Å². The number of ether oxygens (including phenoxy) is 1. The molecule has 0 aromatic heterocycles. The van der Waals surface area contributed by atoms with Crippen molar-refractivity contribution in [1.29, 1.82) is 0 Å². The number of benzene rings is 1. The lowest BCUT2D eigenvalue weighted by molar-refractivity contribution is -0.128. The molecule has 0 heterocycles. The fourth-order valence-electron chi connectivity index (χ4n) is 1.49. The maximum atomic E-state index is 11.9. The van der Waals surface area contributed by atoms with Gasteiger partial charge in [0.2, 0.25) is 0 Å². The molecular formula is C16H25NO3. The predicted molar refractivity (Wildman–Crippen MR) is 79.7 cm³/mol. The molecule has 0 radical (unpaired) electrons. The van der Waals surface area contributed by atoms with E-state index >= 15 is 0 Å². The topological polar surface area (TPSA) is 58.6 Å². The summed E-state index contributed by atoms with van der Waals surface area (Å²) in [6, 6.07) is 7.54. The predicted octanol–water partition coefficient (Wildman–Crippen LogP) is 2.29. The zero-order valence-corrected chi connectivity index (χ0v) is 12.9. The van der Waals surface area contributed by atoms with E-state index in [-0.39, 0.29) is 18.4 Å². The molecule has 4 heteroatoms. The molecule has 0 saturated heterocycles. The molecule has 20 heavy (non-hydrogen) atoms. The molecule has 0 aliphatic carbocycles. The zero-order chi connectivity index (χ0) is 15.3. The molecule has 0 spiro atoms. The van der Waals surface area contributed by atoms with Crippen molar-refractivity contribution in [2.24, 2.45) is 5.92 Å². The van der Waals surface area contributed by atoms with Gasteiger partial charge in [0.15, 0.2) is 6.10 Å². The number of carbonyl (C=O) groups excluding carboxylic acids is 1. The number of aliphatic hydroxyl groups is 1. The second-order valence-corrected chi connectivity index (χ2v) is 5.80. The molecule has 0 bridgehead atoms. The second-order valence-electron chi connectivity index (χ2n) is 5.80. The highest BCUT2D eigenvalue weighted by atomic mass is 16.5. The van der Waals surface area contributed by atoms with Crippen LogP contribution in [0.2, 0.25) is 0 Å². The lowest BCUT2D eigenvalue weighted by Crippen LogP contribution is -2.47. The Labute approximate surface area is 121 Å². The Kier molecular flexibility index (Phi) is 5.57. The van der Waals surface area contributed by atoms with Crippen molar-refractivity contribution >= 4 is 5.91 Å². The van der Waals surface area contributed by atoms with Crippen molar-refractivity contribution in [1.82, 2.24) is 5.32 Å². The quantitative estimate of drug-likeness (QED) is 0.840. The largest absolute Gasteiger partial charge is 0.481 e. The summed E-state index contributed by atoms with van der Waals surface area (Å²) in [5.74, 6) is 0.497. The van der Waals surface area contributed by atoms with E-state index in [1.54, 1.807) is 13.8 Å². The Morgan fingerprint density at radius 3 is 2.35 bits per heavy atom. The van der Waals surface area contributed by atoms with E-state index in [9.17, 15) is 9.90 Å². The highest BCUT2D eigenvalue weighted by molar-refractivity contribution is 5.80. The third-order valence-electron chi connectivity index (χ3n) is 3.57. The third kappa shape index (κ3) is 4.85. The van der Waals surface area contributed by atoms with Crippen LogP contribution in [0.4, 0.5) is 0 Å². The zero-order valence-electron chi connectivity index (χ0n) is 12.9. The smallest absolute Gasteiger partial charge is 0.260 e. The first-order chi connectivity index (χ1) is 9.22. The van der Waals surface area contributed by atoms with E-state index in [0.29, 0.717) is 5.75 Å². The van der Waals surface area contributed by atoms with E-state index in [1.165, 1.54) is 0 Å². The highest BCUT2D eigenvalue weighted by Gasteiger charge is 2.26. The Hall–Kier alpha value is -1.55. The van der Waals surface area contributed by atoms with Crippen LogP contribution in [0.3, 0.4) is 0 Å². The molecule has 1 aromatic rings. The number of amides is 1. The molecular weight excluding hydrogens is 254 g/mol. The Bertz CT molecular complexity index is 438. The Morgan fingerprint density at radius 2 is 1.85 bits per heavy atom. The van der Waals surface area contributed by atoms with Gasteiger partial charge in [-0.2, -0.15) is 0 Å². The van der Waals surface area contributed by atoms with E-state index in [2.05, 4.69) is 5.32 Å². The van der Waals surface area contributed by atoms with Crippen molar-refractivity contribution < 1.29 is 14.6 Å². The Morgan fingerprint density at radius 1 is 1.30 bits per heavy atom. The first-order valence-corrected chi connectivity index (χ1v) is 6.96. The number of hydrogen-bond acceptors (Lipinski definition) is 3. The van der Waals surface area contributed by atoms with Crippen LogP contribution in [0.25, 0.3) is 0 Å². The second kappa shape index (κ2) is 6.75. The van der Waals surface area contributed by atoms with Crippen LogP contribution in [0, 0.1) is 12.8 Å². The SMILES string of the molecule is Cc1ccc(OC(C)C(=O)NCC(C)(O)C(C)C)cc1. The van der Waals surface area contributed by atoms with Crippen molar-refractivity contribution in [2.75, 3.05) is 6.54 Å². The summed E-state index contributed by atoms with van der Waals surface area (Å²) in [7, 11) is 0. The summed E-state index contributed by atoms with van der Waals surface area (Å²) in [6.07, 6.45) is -0.597. The molecule has 1 aromatic carbocycles. The van der Waals surface area contributed by atoms with Crippen LogP contribution < -0.4 is 10.1 Å². The maximum Gasteiger partial charge on any atom is 0.260 e. The molecule has 2 unspecified atom stereocenters. The van der Waals surface area contributed by atoms with Gasteiger partial charge in [0.1, 0.15) is 5.75 Å². The molecule has 1 amide bonds. The highest BCUT2D eigenvalue weighted by Crippen LogP contribution is 2.15. The van der Waals surface area contributed by atoms with Gasteiger partial charge in [-0.05, 0) is 38.8 Å². The van der Waals surface area contributed by atoms with Gasteiger partial charge >= 0.3 is 0 Å². The first kappa shape index (κ1) is 16.5. The number of nitrogens with one attached hydrogen (secondary N) is 1. The summed E-state index contributed by atoms with van der Waals surface area (Å²) in [5, 5.41) is 12.8. The van der Waals surface area contributed by atoms with Gasteiger partial charge in [-0.15, -0.1) is 0 Å². The molecule has 0 fully saturated rings. The van der Waals surface area contributed by atoms with Crippen molar-refractivity contribution in [2.45, 2.75) is 46.3 Å². The van der Waals surface area contributed by atoms with E-state index in [4.69, 9.17) is 4.74 Å². The number of carbonyl (C=O) groups is 1. The number of hydrogen-bond donors (Lipinski definition) is 2. The van der Waals surface area contributed by atoms with Gasteiger partial charge in [-0.1, -0.05) is 31.5 Å². The summed E-state index contributed by atoms with van der Waals surface area (Å²) in [4.78, 5) is 11.9. The lowest BCUT2D eigenvalue weighted by atomic mass is 9.92. The van der Waals surface area contributed by atoms with E-state index in [0.717, 1.165) is 5.56 Å². The van der Waals surface area contributed by atoms with Gasteiger partial charge in [-0.3, -0.25) is 4.79 Å². The van der Waals surface area contributed by atoms with Crippen LogP contribution in [0.15, 0.2) is 24.3 Å². The van der Waals surface area contributed by atoms with Crippen molar-refractivity contribution in [3.05, 3.63) is 29.8 Å². The van der Waals surface area contributed by atoms with E-state index in [1.807, 2.05) is 45.0 Å². The molecule has 0 saturated carbocycles. The summed E-state index contributed by atoms with van der Waals surface area (Å²) >= 11 is 0. The van der Waals surface area contributed by atoms with Crippen molar-refractivity contribution in [3.8, 4) is 5.75 Å². The van der Waals surface area contributed by atoms with Gasteiger partial charge in [0, 0.05) is 6.54 Å². The third-order valence-corrected chi connectivity index (χ3v) is 3.57. The normalized spacial score (nSPS) is 15.6. The van der Waals surface area contributed by atoms with Crippen LogP contribution in [-0.2, 0) is 4.79 Å². The Balaban J connectivity index is 2.49. The summed E-state index contributed by atoms with van der Waals surface area (Å²) in [5.41, 5.74) is 0.224.